The minimum absolute atomic E-state index is 0.203. The van der Waals surface area contributed by atoms with E-state index in [1.54, 1.807) is 0 Å². The lowest BCUT2D eigenvalue weighted by Crippen LogP contribution is -2.31. The summed E-state index contributed by atoms with van der Waals surface area (Å²) >= 11 is 0. The van der Waals surface area contributed by atoms with Gasteiger partial charge in [-0.1, -0.05) is 0 Å². The van der Waals surface area contributed by atoms with Crippen LogP contribution in [-0.4, -0.2) is 45.1 Å². The van der Waals surface area contributed by atoms with Crippen LogP contribution in [0.25, 0.3) is 0 Å². The molecule has 3 atom stereocenters. The summed E-state index contributed by atoms with van der Waals surface area (Å²) in [5, 5.41) is 17.8. The molecule has 0 aromatic carbocycles. The van der Waals surface area contributed by atoms with Crippen molar-refractivity contribution in [2.24, 2.45) is 0 Å². The van der Waals surface area contributed by atoms with Crippen molar-refractivity contribution in [1.82, 2.24) is 0 Å². The SMILES string of the molecule is O=P(O)(O)O[C@H]1C(O)OC[C@@H]1O. The lowest BCUT2D eigenvalue weighted by molar-refractivity contribution is -0.108. The average Bonchev–Trinajstić information content (AvgIpc) is 2.16. The Kier molecular flexibility index (Phi) is 2.84. The molecule has 1 aliphatic rings. The van der Waals surface area contributed by atoms with Crippen LogP contribution in [0.15, 0.2) is 0 Å². The summed E-state index contributed by atoms with van der Waals surface area (Å²) in [6, 6.07) is 0. The van der Waals surface area contributed by atoms with Gasteiger partial charge in [0.05, 0.1) is 6.61 Å². The van der Waals surface area contributed by atoms with Gasteiger partial charge in [0, 0.05) is 0 Å². The van der Waals surface area contributed by atoms with Crippen LogP contribution in [0.4, 0.5) is 0 Å². The quantitative estimate of drug-likeness (QED) is 0.387. The predicted octanol–water partition coefficient (Wildman–Crippen LogP) is -1.83. The Labute approximate surface area is 67.8 Å². The van der Waals surface area contributed by atoms with Crippen molar-refractivity contribution in [3.8, 4) is 0 Å². The molecule has 0 spiro atoms. The van der Waals surface area contributed by atoms with Crippen LogP contribution in [0.5, 0.6) is 0 Å². The molecule has 0 saturated carbocycles. The molecule has 72 valence electrons. The number of hydrogen-bond donors (Lipinski definition) is 4. The molecule has 1 fully saturated rings. The average molecular weight is 200 g/mol. The first kappa shape index (κ1) is 10.1. The highest BCUT2D eigenvalue weighted by Crippen LogP contribution is 2.40. The molecule has 7 nitrogen and oxygen atoms in total. The van der Waals surface area contributed by atoms with Crippen molar-refractivity contribution < 1.29 is 33.8 Å². The van der Waals surface area contributed by atoms with Gasteiger partial charge >= 0.3 is 7.82 Å². The van der Waals surface area contributed by atoms with Gasteiger partial charge in [-0.05, 0) is 0 Å². The van der Waals surface area contributed by atoms with Crippen molar-refractivity contribution in [3.05, 3.63) is 0 Å². The second-order valence-electron chi connectivity index (χ2n) is 2.35. The Morgan fingerprint density at radius 3 is 2.33 bits per heavy atom. The third kappa shape index (κ3) is 2.49. The maximum Gasteiger partial charge on any atom is 0.470 e. The molecule has 0 aromatic heterocycles. The molecule has 0 amide bonds. The molecule has 8 heteroatoms. The number of phosphoric ester groups is 1. The van der Waals surface area contributed by atoms with E-state index in [4.69, 9.17) is 20.0 Å². The zero-order valence-electron chi connectivity index (χ0n) is 5.90. The minimum Gasteiger partial charge on any atom is -0.388 e. The standard InChI is InChI=1S/C4H9O7P/c5-2-1-10-4(6)3(2)11-12(7,8)9/h2-6H,1H2,(H2,7,8,9)/t2-,3+,4?/m0/s1. The van der Waals surface area contributed by atoms with Gasteiger partial charge in [0.25, 0.3) is 0 Å². The van der Waals surface area contributed by atoms with Gasteiger partial charge in [0.1, 0.15) is 12.2 Å². The second-order valence-corrected chi connectivity index (χ2v) is 3.54. The zero-order valence-corrected chi connectivity index (χ0v) is 6.79. The molecule has 12 heavy (non-hydrogen) atoms. The number of aliphatic hydroxyl groups excluding tert-OH is 2. The molecule has 0 aromatic rings. The minimum atomic E-state index is -4.69. The van der Waals surface area contributed by atoms with Crippen LogP contribution in [-0.2, 0) is 13.8 Å². The number of rotatable bonds is 2. The Hall–Kier alpha value is -0.0100. The van der Waals surface area contributed by atoms with Crippen molar-refractivity contribution >= 4 is 7.82 Å². The maximum absolute atomic E-state index is 10.3. The molecule has 0 aliphatic carbocycles. The first-order valence-corrected chi connectivity index (χ1v) is 4.65. The van der Waals surface area contributed by atoms with Gasteiger partial charge in [0.15, 0.2) is 6.29 Å². The number of phosphoric acid groups is 1. The lowest BCUT2D eigenvalue weighted by atomic mass is 10.2. The lowest BCUT2D eigenvalue weighted by Gasteiger charge is -2.16. The molecule has 1 rings (SSSR count). The van der Waals surface area contributed by atoms with E-state index in [0.717, 1.165) is 0 Å². The first-order chi connectivity index (χ1) is 5.40. The van der Waals surface area contributed by atoms with E-state index in [2.05, 4.69) is 9.26 Å². The molecule has 1 saturated heterocycles. The van der Waals surface area contributed by atoms with Gasteiger partial charge in [0.2, 0.25) is 0 Å². The zero-order chi connectivity index (χ0) is 9.35. The van der Waals surface area contributed by atoms with Crippen LogP contribution >= 0.6 is 7.82 Å². The van der Waals surface area contributed by atoms with Crippen LogP contribution in [0.2, 0.25) is 0 Å². The molecule has 0 bridgehead atoms. The Balaban J connectivity index is 2.56. The van der Waals surface area contributed by atoms with Gasteiger partial charge in [-0.3, -0.25) is 4.52 Å². The van der Waals surface area contributed by atoms with E-state index in [0.29, 0.717) is 0 Å². The third-order valence-electron chi connectivity index (χ3n) is 1.36. The summed E-state index contributed by atoms with van der Waals surface area (Å²) in [4.78, 5) is 16.6. The second kappa shape index (κ2) is 3.39. The highest BCUT2D eigenvalue weighted by molar-refractivity contribution is 7.46. The van der Waals surface area contributed by atoms with Gasteiger partial charge < -0.3 is 24.7 Å². The number of aliphatic hydroxyl groups is 2. The molecule has 4 N–H and O–H groups in total. The number of ether oxygens (including phenoxy) is 1. The van der Waals surface area contributed by atoms with E-state index >= 15 is 0 Å². The molecule has 1 aliphatic heterocycles. The summed E-state index contributed by atoms with van der Waals surface area (Å²) in [6.07, 6.45) is -4.09. The molecular weight excluding hydrogens is 191 g/mol. The van der Waals surface area contributed by atoms with E-state index in [1.165, 1.54) is 0 Å². The largest absolute Gasteiger partial charge is 0.470 e. The van der Waals surface area contributed by atoms with Crippen molar-refractivity contribution in [2.75, 3.05) is 6.61 Å². The van der Waals surface area contributed by atoms with Crippen LogP contribution in [0.1, 0.15) is 0 Å². The monoisotopic (exact) mass is 200 g/mol. The van der Waals surface area contributed by atoms with Crippen LogP contribution in [0, 0.1) is 0 Å². The van der Waals surface area contributed by atoms with Crippen LogP contribution in [0.3, 0.4) is 0 Å². The Morgan fingerprint density at radius 2 is 2.00 bits per heavy atom. The maximum atomic E-state index is 10.3. The topological polar surface area (TPSA) is 116 Å². The van der Waals surface area contributed by atoms with Gasteiger partial charge in [-0.15, -0.1) is 0 Å². The van der Waals surface area contributed by atoms with E-state index in [1.807, 2.05) is 0 Å². The smallest absolute Gasteiger partial charge is 0.388 e. The highest BCUT2D eigenvalue weighted by atomic mass is 31.2. The fourth-order valence-electron chi connectivity index (χ4n) is 0.858. The third-order valence-corrected chi connectivity index (χ3v) is 1.88. The molecule has 1 heterocycles. The Bertz CT molecular complexity index is 190. The summed E-state index contributed by atoms with van der Waals surface area (Å²) in [6.45, 7) is -0.203. The summed E-state index contributed by atoms with van der Waals surface area (Å²) in [5.74, 6) is 0. The highest BCUT2D eigenvalue weighted by Gasteiger charge is 2.40. The van der Waals surface area contributed by atoms with E-state index in [9.17, 15) is 4.57 Å². The fraction of sp³-hybridized carbons (Fsp3) is 1.00. The summed E-state index contributed by atoms with van der Waals surface area (Å²) in [5.41, 5.74) is 0. The van der Waals surface area contributed by atoms with Crippen molar-refractivity contribution in [2.45, 2.75) is 18.5 Å². The van der Waals surface area contributed by atoms with Gasteiger partial charge in [-0.2, -0.15) is 0 Å². The number of hydrogen-bond acceptors (Lipinski definition) is 5. The molecule has 1 unspecified atom stereocenters. The van der Waals surface area contributed by atoms with E-state index < -0.39 is 26.3 Å². The summed E-state index contributed by atoms with van der Waals surface area (Å²) in [7, 11) is -4.69. The molecule has 0 radical (unpaired) electrons. The van der Waals surface area contributed by atoms with Crippen molar-refractivity contribution in [1.29, 1.82) is 0 Å². The summed E-state index contributed by atoms with van der Waals surface area (Å²) < 4.78 is 18.8. The first-order valence-electron chi connectivity index (χ1n) is 3.12. The normalized spacial score (nSPS) is 37.2. The fourth-order valence-corrected chi connectivity index (χ4v) is 1.42. The van der Waals surface area contributed by atoms with E-state index in [-0.39, 0.29) is 6.61 Å². The Morgan fingerprint density at radius 1 is 1.42 bits per heavy atom. The molecular formula is C4H9O7P. The van der Waals surface area contributed by atoms with Crippen molar-refractivity contribution in [3.63, 3.8) is 0 Å². The van der Waals surface area contributed by atoms with Gasteiger partial charge in [-0.25, -0.2) is 4.57 Å². The van der Waals surface area contributed by atoms with Crippen LogP contribution < -0.4 is 0 Å². The predicted molar refractivity (Wildman–Crippen MR) is 34.9 cm³/mol.